The molecule has 0 aliphatic heterocycles. The van der Waals surface area contributed by atoms with Gasteiger partial charge in [0.25, 0.3) is 0 Å². The van der Waals surface area contributed by atoms with Crippen LogP contribution >= 0.6 is 0 Å². The topological polar surface area (TPSA) is 83.5 Å². The van der Waals surface area contributed by atoms with Crippen molar-refractivity contribution in [3.63, 3.8) is 0 Å². The molecule has 2 aromatic carbocycles. The number of nitrogens with one attached hydrogen (secondary N) is 1. The Bertz CT molecular complexity index is 1010. The Kier molecular flexibility index (Phi) is 9.62. The maximum atomic E-state index is 13.9. The fraction of sp³-hybridized carbons (Fsp3) is 0.435. The minimum Gasteiger partial charge on any atom is -0.480 e. The molecule has 0 aliphatic rings. The fourth-order valence-corrected chi connectivity index (χ4v) is 3.68. The lowest BCUT2D eigenvalue weighted by Crippen LogP contribution is -2.47. The van der Waals surface area contributed by atoms with E-state index in [0.29, 0.717) is 11.1 Å². The van der Waals surface area contributed by atoms with Crippen molar-refractivity contribution in [2.75, 3.05) is 6.26 Å². The molecule has 2 rings (SSSR count). The average Bonchev–Trinajstić information content (AvgIpc) is 2.70. The molecule has 10 heteroatoms. The normalized spacial score (nSPS) is 14.1. The summed E-state index contributed by atoms with van der Waals surface area (Å²) in [6.07, 6.45) is -4.39. The van der Waals surface area contributed by atoms with E-state index in [1.54, 1.807) is 0 Å². The van der Waals surface area contributed by atoms with Gasteiger partial charge in [-0.2, -0.15) is 13.2 Å². The molecular formula is C23H29F4NO4S. The van der Waals surface area contributed by atoms with Gasteiger partial charge in [-0.05, 0) is 42.7 Å². The summed E-state index contributed by atoms with van der Waals surface area (Å²) < 4.78 is 77.9. The van der Waals surface area contributed by atoms with Crippen LogP contribution in [0.1, 0.15) is 45.7 Å². The Balaban J connectivity index is 0.00000265. The molecule has 0 radical (unpaired) electrons. The minimum atomic E-state index is -4.81. The van der Waals surface area contributed by atoms with Gasteiger partial charge in [0.05, 0.1) is 4.90 Å². The highest BCUT2D eigenvalue weighted by atomic mass is 32.2. The van der Waals surface area contributed by atoms with Gasteiger partial charge < -0.3 is 5.11 Å². The smallest absolute Gasteiger partial charge is 0.407 e. The maximum absolute atomic E-state index is 13.9. The van der Waals surface area contributed by atoms with Gasteiger partial charge in [0, 0.05) is 12.7 Å². The van der Waals surface area contributed by atoms with E-state index in [1.165, 1.54) is 48.5 Å². The summed E-state index contributed by atoms with van der Waals surface area (Å²) in [6.45, 7) is 6.19. The number of alkyl halides is 4. The monoisotopic (exact) mass is 491 g/mol. The van der Waals surface area contributed by atoms with Gasteiger partial charge in [-0.3, -0.25) is 10.1 Å². The van der Waals surface area contributed by atoms with Gasteiger partial charge in [-0.15, -0.1) is 0 Å². The summed E-state index contributed by atoms with van der Waals surface area (Å²) in [5.41, 5.74) is -1.07. The number of sulfone groups is 1. The number of halogens is 4. The van der Waals surface area contributed by atoms with Gasteiger partial charge in [0.2, 0.25) is 0 Å². The molecule has 0 heterocycles. The molecule has 0 saturated heterocycles. The first kappa shape index (κ1) is 28.6. The first-order valence-corrected chi connectivity index (χ1v) is 12.1. The molecular weight excluding hydrogens is 462 g/mol. The Morgan fingerprint density at radius 2 is 1.36 bits per heavy atom. The molecule has 2 aromatic rings. The van der Waals surface area contributed by atoms with Crippen LogP contribution in [-0.4, -0.2) is 43.6 Å². The lowest BCUT2D eigenvalue weighted by atomic mass is 9.97. The van der Waals surface area contributed by atoms with Crippen LogP contribution in [0.25, 0.3) is 11.1 Å². The van der Waals surface area contributed by atoms with Crippen molar-refractivity contribution in [2.24, 2.45) is 0 Å². The highest BCUT2D eigenvalue weighted by Gasteiger charge is 2.43. The molecule has 2 N–H and O–H groups in total. The SMILES string of the molecule is CC.CC(C)(F)C[C@H](NC(c1ccc(-c2ccc(S(C)(=O)=O)cc2)cc1)C(F)(F)F)C(=O)O. The number of hydrogen-bond donors (Lipinski definition) is 2. The second-order valence-electron chi connectivity index (χ2n) is 7.87. The van der Waals surface area contributed by atoms with E-state index in [9.17, 15) is 35.9 Å². The first-order valence-electron chi connectivity index (χ1n) is 10.2. The number of aliphatic carboxylic acids is 1. The molecule has 0 spiro atoms. The number of hydrogen-bond acceptors (Lipinski definition) is 4. The van der Waals surface area contributed by atoms with Crippen molar-refractivity contribution in [3.8, 4) is 11.1 Å². The largest absolute Gasteiger partial charge is 0.480 e. The van der Waals surface area contributed by atoms with Crippen molar-refractivity contribution in [1.29, 1.82) is 0 Å². The summed E-state index contributed by atoms with van der Waals surface area (Å²) in [6, 6.07) is 7.05. The van der Waals surface area contributed by atoms with E-state index in [4.69, 9.17) is 0 Å². The van der Waals surface area contributed by atoms with Crippen molar-refractivity contribution in [2.45, 2.75) is 62.9 Å². The summed E-state index contributed by atoms with van der Waals surface area (Å²) >= 11 is 0. The van der Waals surface area contributed by atoms with E-state index >= 15 is 0 Å². The van der Waals surface area contributed by atoms with Crippen LogP contribution in [0.5, 0.6) is 0 Å². The van der Waals surface area contributed by atoms with Gasteiger partial charge in [0.1, 0.15) is 17.8 Å². The number of rotatable bonds is 8. The number of carboxylic acids is 1. The second kappa shape index (κ2) is 11.1. The van der Waals surface area contributed by atoms with E-state index in [0.717, 1.165) is 20.1 Å². The number of benzene rings is 2. The molecule has 0 amide bonds. The molecule has 0 fully saturated rings. The predicted octanol–water partition coefficient (Wildman–Crippen LogP) is 5.57. The fourth-order valence-electron chi connectivity index (χ4n) is 3.05. The van der Waals surface area contributed by atoms with Crippen molar-refractivity contribution < 1.29 is 35.9 Å². The standard InChI is InChI=1S/C21H23F4NO4S.C2H6/c1-20(2,22)12-17(19(27)28)26-18(21(23,24)25)15-6-4-13(5-7-15)14-8-10-16(11-9-14)31(3,29)30;1-2/h4-11,17-18,26H,12H2,1-3H3,(H,27,28);1-2H3/t17-,18?;/m0./s1. The van der Waals surface area contributed by atoms with E-state index in [1.807, 2.05) is 19.2 Å². The highest BCUT2D eigenvalue weighted by Crippen LogP contribution is 2.35. The van der Waals surface area contributed by atoms with Crippen LogP contribution in [0, 0.1) is 0 Å². The Morgan fingerprint density at radius 1 is 0.939 bits per heavy atom. The molecule has 184 valence electrons. The van der Waals surface area contributed by atoms with Crippen LogP contribution < -0.4 is 5.32 Å². The molecule has 0 aromatic heterocycles. The summed E-state index contributed by atoms with van der Waals surface area (Å²) in [7, 11) is -3.38. The lowest BCUT2D eigenvalue weighted by Gasteiger charge is -2.28. The highest BCUT2D eigenvalue weighted by molar-refractivity contribution is 7.90. The molecule has 33 heavy (non-hydrogen) atoms. The van der Waals surface area contributed by atoms with Gasteiger partial charge >= 0.3 is 12.1 Å². The third kappa shape index (κ3) is 8.77. The Hall–Kier alpha value is -2.46. The van der Waals surface area contributed by atoms with Gasteiger partial charge in [-0.1, -0.05) is 50.2 Å². The molecule has 5 nitrogen and oxygen atoms in total. The van der Waals surface area contributed by atoms with Crippen LogP contribution in [0.15, 0.2) is 53.4 Å². The quantitative estimate of drug-likeness (QED) is 0.472. The molecule has 1 unspecified atom stereocenters. The van der Waals surface area contributed by atoms with Crippen molar-refractivity contribution >= 4 is 15.8 Å². The third-order valence-electron chi connectivity index (χ3n) is 4.54. The van der Waals surface area contributed by atoms with Gasteiger partial charge in [-0.25, -0.2) is 12.8 Å². The molecule has 0 saturated carbocycles. The average molecular weight is 492 g/mol. The molecule has 0 aliphatic carbocycles. The zero-order valence-electron chi connectivity index (χ0n) is 19.1. The van der Waals surface area contributed by atoms with E-state index < -0.39 is 46.2 Å². The number of carboxylic acid groups (broad SMARTS) is 1. The zero-order valence-corrected chi connectivity index (χ0v) is 19.9. The van der Waals surface area contributed by atoms with Crippen molar-refractivity contribution in [3.05, 3.63) is 54.1 Å². The van der Waals surface area contributed by atoms with Crippen LogP contribution in [0.4, 0.5) is 17.6 Å². The van der Waals surface area contributed by atoms with E-state index in [-0.39, 0.29) is 10.5 Å². The summed E-state index contributed by atoms with van der Waals surface area (Å²) in [5, 5.41) is 11.2. The minimum absolute atomic E-state index is 0.115. The number of carbonyl (C=O) groups is 1. The Morgan fingerprint density at radius 3 is 1.70 bits per heavy atom. The maximum Gasteiger partial charge on any atom is 0.407 e. The van der Waals surface area contributed by atoms with Crippen LogP contribution in [0.2, 0.25) is 0 Å². The predicted molar refractivity (Wildman–Crippen MR) is 119 cm³/mol. The van der Waals surface area contributed by atoms with E-state index in [2.05, 4.69) is 0 Å². The van der Waals surface area contributed by atoms with Crippen molar-refractivity contribution in [1.82, 2.24) is 5.32 Å². The van der Waals surface area contributed by atoms with Crippen LogP contribution in [-0.2, 0) is 14.6 Å². The molecule has 0 bridgehead atoms. The van der Waals surface area contributed by atoms with Crippen LogP contribution in [0.3, 0.4) is 0 Å². The second-order valence-corrected chi connectivity index (χ2v) is 9.89. The first-order chi connectivity index (χ1) is 15.1. The zero-order chi connectivity index (χ0) is 25.6. The summed E-state index contributed by atoms with van der Waals surface area (Å²) in [5.74, 6) is -1.58. The summed E-state index contributed by atoms with van der Waals surface area (Å²) in [4.78, 5) is 11.5. The van der Waals surface area contributed by atoms with Gasteiger partial charge in [0.15, 0.2) is 9.84 Å². The molecule has 2 atom stereocenters. The lowest BCUT2D eigenvalue weighted by molar-refractivity contribution is -0.164. The Labute approximate surface area is 191 Å². The third-order valence-corrected chi connectivity index (χ3v) is 5.67.